The fourth-order valence-corrected chi connectivity index (χ4v) is 3.24. The third-order valence-electron chi connectivity index (χ3n) is 4.16. The molecule has 0 radical (unpaired) electrons. The fraction of sp³-hybridized carbons (Fsp3) is 0.294. The first kappa shape index (κ1) is 12.4. The van der Waals surface area contributed by atoms with Crippen LogP contribution in [0.2, 0.25) is 0 Å². The summed E-state index contributed by atoms with van der Waals surface area (Å²) in [7, 11) is 0. The van der Waals surface area contributed by atoms with E-state index in [-0.39, 0.29) is 0 Å². The van der Waals surface area contributed by atoms with Gasteiger partial charge in [0.05, 0.1) is 11.4 Å². The number of anilines is 3. The van der Waals surface area contributed by atoms with Crippen LogP contribution in [-0.2, 0) is 6.42 Å². The van der Waals surface area contributed by atoms with Gasteiger partial charge in [-0.2, -0.15) is 0 Å². The topological polar surface area (TPSA) is 47.7 Å². The van der Waals surface area contributed by atoms with Gasteiger partial charge >= 0.3 is 0 Å². The van der Waals surface area contributed by atoms with Crippen molar-refractivity contribution in [1.29, 1.82) is 0 Å². The molecule has 21 heavy (non-hydrogen) atoms. The molecule has 2 aromatic rings. The molecule has 4 rings (SSSR count). The van der Waals surface area contributed by atoms with Crippen LogP contribution in [0, 0.1) is 0 Å². The van der Waals surface area contributed by atoms with Gasteiger partial charge in [0.1, 0.15) is 13.2 Å². The highest BCUT2D eigenvalue weighted by Gasteiger charge is 2.29. The van der Waals surface area contributed by atoms with Gasteiger partial charge in [-0.3, -0.25) is 0 Å². The van der Waals surface area contributed by atoms with E-state index in [4.69, 9.17) is 15.2 Å². The summed E-state index contributed by atoms with van der Waals surface area (Å²) < 4.78 is 11.3. The number of hydrogen-bond acceptors (Lipinski definition) is 4. The molecule has 0 fully saturated rings. The maximum atomic E-state index is 6.27. The minimum Gasteiger partial charge on any atom is -0.486 e. The number of hydrogen-bond donors (Lipinski definition) is 1. The van der Waals surface area contributed by atoms with E-state index in [1.165, 1.54) is 11.3 Å². The Bertz CT molecular complexity index is 699. The summed E-state index contributed by atoms with van der Waals surface area (Å²) in [6, 6.07) is 12.7. The Labute approximate surface area is 124 Å². The molecule has 1 unspecified atom stereocenters. The van der Waals surface area contributed by atoms with Crippen LogP contribution in [-0.4, -0.2) is 19.3 Å². The van der Waals surface area contributed by atoms with Crippen LogP contribution in [0.5, 0.6) is 11.5 Å². The third kappa shape index (κ3) is 1.90. The molecule has 0 aliphatic carbocycles. The average molecular weight is 282 g/mol. The molecule has 0 aromatic heterocycles. The Hall–Kier alpha value is -2.36. The molecule has 0 amide bonds. The molecule has 0 saturated carbocycles. The first-order valence-electron chi connectivity index (χ1n) is 7.30. The van der Waals surface area contributed by atoms with Crippen LogP contribution >= 0.6 is 0 Å². The molecule has 1 atom stereocenters. The summed E-state index contributed by atoms with van der Waals surface area (Å²) in [5.74, 6) is 1.52. The highest BCUT2D eigenvalue weighted by molar-refractivity contribution is 5.81. The molecule has 4 heteroatoms. The first-order valence-corrected chi connectivity index (χ1v) is 7.30. The van der Waals surface area contributed by atoms with Crippen LogP contribution in [0.25, 0.3) is 0 Å². The van der Waals surface area contributed by atoms with Crippen molar-refractivity contribution in [3.8, 4) is 11.5 Å². The van der Waals surface area contributed by atoms with Gasteiger partial charge < -0.3 is 20.1 Å². The SMILES string of the molecule is CC1Cc2ccccc2N1c1cc2c(cc1N)OCCO2. The van der Waals surface area contributed by atoms with Gasteiger partial charge in [0.2, 0.25) is 0 Å². The largest absolute Gasteiger partial charge is 0.486 e. The number of rotatable bonds is 1. The number of benzene rings is 2. The predicted molar refractivity (Wildman–Crippen MR) is 83.6 cm³/mol. The molecule has 0 bridgehead atoms. The molecule has 0 saturated heterocycles. The fourth-order valence-electron chi connectivity index (χ4n) is 3.24. The molecular formula is C17H18N2O2. The first-order chi connectivity index (χ1) is 10.2. The van der Waals surface area contributed by atoms with E-state index in [2.05, 4.69) is 36.1 Å². The lowest BCUT2D eigenvalue weighted by atomic mass is 10.1. The lowest BCUT2D eigenvalue weighted by molar-refractivity contribution is 0.172. The van der Waals surface area contributed by atoms with E-state index in [0.717, 1.165) is 29.3 Å². The standard InChI is InChI=1S/C17H18N2O2/c1-11-8-12-4-2-3-5-14(12)19(11)15-10-17-16(9-13(15)18)20-6-7-21-17/h2-5,9-11H,6-8,18H2,1H3. The number of para-hydroxylation sites is 1. The smallest absolute Gasteiger partial charge is 0.163 e. The van der Waals surface area contributed by atoms with Crippen LogP contribution < -0.4 is 20.1 Å². The van der Waals surface area contributed by atoms with E-state index in [1.807, 2.05) is 12.1 Å². The zero-order valence-corrected chi connectivity index (χ0v) is 12.0. The average Bonchev–Trinajstić information content (AvgIpc) is 2.82. The van der Waals surface area contributed by atoms with Gasteiger partial charge in [-0.1, -0.05) is 18.2 Å². The maximum absolute atomic E-state index is 6.27. The second-order valence-electron chi connectivity index (χ2n) is 5.61. The maximum Gasteiger partial charge on any atom is 0.163 e. The van der Waals surface area contributed by atoms with E-state index >= 15 is 0 Å². The quantitative estimate of drug-likeness (QED) is 0.816. The van der Waals surface area contributed by atoms with Gasteiger partial charge in [-0.25, -0.2) is 0 Å². The monoisotopic (exact) mass is 282 g/mol. The number of nitrogens with two attached hydrogens (primary N) is 1. The number of nitrogen functional groups attached to an aromatic ring is 1. The number of nitrogens with zero attached hydrogens (tertiary/aromatic N) is 1. The predicted octanol–water partition coefficient (Wildman–Crippen LogP) is 3.12. The molecule has 2 N–H and O–H groups in total. The Morgan fingerprint density at radius 3 is 2.57 bits per heavy atom. The van der Waals surface area contributed by atoms with Crippen molar-refractivity contribution < 1.29 is 9.47 Å². The van der Waals surface area contributed by atoms with E-state index in [9.17, 15) is 0 Å². The van der Waals surface area contributed by atoms with Gasteiger partial charge in [0.15, 0.2) is 11.5 Å². The second kappa shape index (κ2) is 4.58. The van der Waals surface area contributed by atoms with Crippen molar-refractivity contribution in [2.24, 2.45) is 0 Å². The van der Waals surface area contributed by atoms with Crippen LogP contribution in [0.4, 0.5) is 17.1 Å². The molecule has 2 aliphatic heterocycles. The molecule has 2 aromatic carbocycles. The van der Waals surface area contributed by atoms with Crippen LogP contribution in [0.3, 0.4) is 0 Å². The summed E-state index contributed by atoms with van der Waals surface area (Å²) in [4.78, 5) is 2.29. The summed E-state index contributed by atoms with van der Waals surface area (Å²) in [6.07, 6.45) is 1.03. The highest BCUT2D eigenvalue weighted by Crippen LogP contribution is 2.45. The van der Waals surface area contributed by atoms with Crippen molar-refractivity contribution in [3.05, 3.63) is 42.0 Å². The number of fused-ring (bicyclic) bond motifs is 2. The Kier molecular flexibility index (Phi) is 2.70. The molecular weight excluding hydrogens is 264 g/mol. The molecule has 108 valence electrons. The van der Waals surface area contributed by atoms with Crippen LogP contribution in [0.1, 0.15) is 12.5 Å². The van der Waals surface area contributed by atoms with Crippen LogP contribution in [0.15, 0.2) is 36.4 Å². The van der Waals surface area contributed by atoms with Gasteiger partial charge in [0, 0.05) is 23.9 Å². The van der Waals surface area contributed by atoms with E-state index in [0.29, 0.717) is 19.3 Å². The lowest BCUT2D eigenvalue weighted by Crippen LogP contribution is -2.25. The summed E-state index contributed by atoms with van der Waals surface area (Å²) >= 11 is 0. The Morgan fingerprint density at radius 2 is 1.76 bits per heavy atom. The zero-order valence-electron chi connectivity index (χ0n) is 12.0. The number of ether oxygens (including phenoxy) is 2. The van der Waals surface area contributed by atoms with Crippen molar-refractivity contribution in [3.63, 3.8) is 0 Å². The summed E-state index contributed by atoms with van der Waals surface area (Å²) in [5.41, 5.74) is 10.6. The van der Waals surface area contributed by atoms with E-state index < -0.39 is 0 Å². The molecule has 2 aliphatic rings. The van der Waals surface area contributed by atoms with Crippen molar-refractivity contribution in [1.82, 2.24) is 0 Å². The molecule has 2 heterocycles. The minimum atomic E-state index is 0.382. The lowest BCUT2D eigenvalue weighted by Gasteiger charge is -2.28. The second-order valence-corrected chi connectivity index (χ2v) is 5.61. The highest BCUT2D eigenvalue weighted by atomic mass is 16.6. The van der Waals surface area contributed by atoms with E-state index in [1.54, 1.807) is 0 Å². The minimum absolute atomic E-state index is 0.382. The Balaban J connectivity index is 1.83. The third-order valence-corrected chi connectivity index (χ3v) is 4.16. The molecule has 0 spiro atoms. The van der Waals surface area contributed by atoms with Gasteiger partial charge in [-0.15, -0.1) is 0 Å². The van der Waals surface area contributed by atoms with Gasteiger partial charge in [-0.05, 0) is 25.0 Å². The normalized spacial score (nSPS) is 19.5. The Morgan fingerprint density at radius 1 is 1.05 bits per heavy atom. The molecule has 4 nitrogen and oxygen atoms in total. The van der Waals surface area contributed by atoms with Crippen molar-refractivity contribution in [2.45, 2.75) is 19.4 Å². The van der Waals surface area contributed by atoms with Crippen molar-refractivity contribution >= 4 is 17.1 Å². The zero-order chi connectivity index (χ0) is 14.4. The summed E-state index contributed by atoms with van der Waals surface area (Å²) in [5, 5.41) is 0. The van der Waals surface area contributed by atoms with Gasteiger partial charge in [0.25, 0.3) is 0 Å². The van der Waals surface area contributed by atoms with Crippen molar-refractivity contribution in [2.75, 3.05) is 23.8 Å². The summed E-state index contributed by atoms with van der Waals surface area (Å²) in [6.45, 7) is 3.38.